The van der Waals surface area contributed by atoms with E-state index in [-0.39, 0.29) is 0 Å². The van der Waals surface area contributed by atoms with Crippen molar-refractivity contribution in [2.45, 2.75) is 45.2 Å². The van der Waals surface area contributed by atoms with E-state index in [1.165, 1.54) is 43.7 Å². The number of nitrogens with zero attached hydrogens (tertiary/aromatic N) is 3. The van der Waals surface area contributed by atoms with Crippen LogP contribution >= 0.6 is 0 Å². The van der Waals surface area contributed by atoms with Crippen molar-refractivity contribution >= 4 is 0 Å². The average Bonchev–Trinajstić information content (AvgIpc) is 2.79. The maximum absolute atomic E-state index is 4.59. The lowest BCUT2D eigenvalue weighted by Gasteiger charge is -2.45. The predicted molar refractivity (Wildman–Crippen MR) is 77.1 cm³/mol. The number of nitrogens with one attached hydrogen (secondary N) is 1. The van der Waals surface area contributed by atoms with Crippen molar-refractivity contribution in [1.82, 2.24) is 20.0 Å². The third-order valence-electron chi connectivity index (χ3n) is 4.69. The van der Waals surface area contributed by atoms with Gasteiger partial charge in [-0.05, 0) is 37.8 Å². The summed E-state index contributed by atoms with van der Waals surface area (Å²) in [5.74, 6) is 1.40. The summed E-state index contributed by atoms with van der Waals surface area (Å²) in [5, 5.41) is 8.37. The Bertz CT molecular complexity index is 429. The van der Waals surface area contributed by atoms with Crippen LogP contribution < -0.4 is 5.32 Å². The SMILES string of the molecule is CC(C)c1nn(C)cc1CNC1CN2CCC1CC2. The molecule has 0 saturated carbocycles. The van der Waals surface area contributed by atoms with Gasteiger partial charge in [0, 0.05) is 37.9 Å². The summed E-state index contributed by atoms with van der Waals surface area (Å²) >= 11 is 0. The molecule has 106 valence electrons. The Balaban J connectivity index is 1.63. The topological polar surface area (TPSA) is 33.1 Å². The maximum Gasteiger partial charge on any atom is 0.0694 e. The lowest BCUT2D eigenvalue weighted by atomic mass is 9.84. The molecule has 19 heavy (non-hydrogen) atoms. The second-order valence-corrected chi connectivity index (χ2v) is 6.49. The molecule has 0 radical (unpaired) electrons. The first kappa shape index (κ1) is 13.1. The third kappa shape index (κ3) is 2.70. The van der Waals surface area contributed by atoms with Crippen LogP contribution in [0.5, 0.6) is 0 Å². The van der Waals surface area contributed by atoms with Crippen LogP contribution in [0.3, 0.4) is 0 Å². The van der Waals surface area contributed by atoms with Crippen LogP contribution in [0.25, 0.3) is 0 Å². The zero-order valence-corrected chi connectivity index (χ0v) is 12.4. The van der Waals surface area contributed by atoms with Gasteiger partial charge in [0.05, 0.1) is 5.69 Å². The smallest absolute Gasteiger partial charge is 0.0694 e. The number of aryl methyl sites for hydroxylation is 1. The molecule has 4 heteroatoms. The van der Waals surface area contributed by atoms with Crippen molar-refractivity contribution in [3.05, 3.63) is 17.5 Å². The molecule has 0 aromatic carbocycles. The first-order valence-corrected chi connectivity index (χ1v) is 7.61. The van der Waals surface area contributed by atoms with Gasteiger partial charge in [0.25, 0.3) is 0 Å². The Hall–Kier alpha value is -0.870. The van der Waals surface area contributed by atoms with E-state index in [1.54, 1.807) is 0 Å². The zero-order valence-electron chi connectivity index (χ0n) is 12.4. The predicted octanol–water partition coefficient (Wildman–Crippen LogP) is 1.73. The summed E-state index contributed by atoms with van der Waals surface area (Å²) in [6.45, 7) is 9.28. The van der Waals surface area contributed by atoms with E-state index in [9.17, 15) is 0 Å². The van der Waals surface area contributed by atoms with Crippen molar-refractivity contribution in [1.29, 1.82) is 0 Å². The van der Waals surface area contributed by atoms with Gasteiger partial charge in [0.1, 0.15) is 0 Å². The van der Waals surface area contributed by atoms with E-state index < -0.39 is 0 Å². The molecule has 0 aliphatic carbocycles. The molecular weight excluding hydrogens is 236 g/mol. The molecule has 1 unspecified atom stereocenters. The van der Waals surface area contributed by atoms with E-state index in [0.29, 0.717) is 12.0 Å². The highest BCUT2D eigenvalue weighted by molar-refractivity contribution is 5.20. The minimum absolute atomic E-state index is 0.504. The fraction of sp³-hybridized carbons (Fsp3) is 0.800. The van der Waals surface area contributed by atoms with Crippen LogP contribution in [-0.4, -0.2) is 40.4 Å². The fourth-order valence-electron chi connectivity index (χ4n) is 3.61. The van der Waals surface area contributed by atoms with Gasteiger partial charge in [0.2, 0.25) is 0 Å². The number of rotatable bonds is 4. The number of hydrogen-bond acceptors (Lipinski definition) is 3. The van der Waals surface area contributed by atoms with Gasteiger partial charge >= 0.3 is 0 Å². The summed E-state index contributed by atoms with van der Waals surface area (Å²) in [4.78, 5) is 2.60. The first-order chi connectivity index (χ1) is 9.13. The summed E-state index contributed by atoms with van der Waals surface area (Å²) in [6, 6.07) is 0.683. The lowest BCUT2D eigenvalue weighted by Crippen LogP contribution is -2.55. The van der Waals surface area contributed by atoms with E-state index in [4.69, 9.17) is 0 Å². The van der Waals surface area contributed by atoms with Crippen LogP contribution in [0.4, 0.5) is 0 Å². The second-order valence-electron chi connectivity index (χ2n) is 6.49. The van der Waals surface area contributed by atoms with Crippen molar-refractivity contribution in [2.24, 2.45) is 13.0 Å². The average molecular weight is 262 g/mol. The van der Waals surface area contributed by atoms with Gasteiger partial charge in [-0.2, -0.15) is 5.10 Å². The summed E-state index contributed by atoms with van der Waals surface area (Å²) in [7, 11) is 2.02. The summed E-state index contributed by atoms with van der Waals surface area (Å²) in [5.41, 5.74) is 2.62. The highest BCUT2D eigenvalue weighted by atomic mass is 15.3. The highest BCUT2D eigenvalue weighted by Crippen LogP contribution is 2.28. The Labute approximate surface area is 116 Å². The molecular formula is C15H26N4. The van der Waals surface area contributed by atoms with Crippen LogP contribution in [0.15, 0.2) is 6.20 Å². The molecule has 3 aliphatic rings. The third-order valence-corrected chi connectivity index (χ3v) is 4.69. The molecule has 3 fully saturated rings. The quantitative estimate of drug-likeness (QED) is 0.897. The van der Waals surface area contributed by atoms with Crippen molar-refractivity contribution < 1.29 is 0 Å². The normalized spacial score (nSPS) is 30.2. The monoisotopic (exact) mass is 262 g/mol. The van der Waals surface area contributed by atoms with E-state index in [1.807, 2.05) is 11.7 Å². The van der Waals surface area contributed by atoms with Gasteiger partial charge in [-0.1, -0.05) is 13.8 Å². The van der Waals surface area contributed by atoms with Crippen molar-refractivity contribution in [3.63, 3.8) is 0 Å². The molecule has 1 atom stereocenters. The lowest BCUT2D eigenvalue weighted by molar-refractivity contribution is 0.0719. The molecule has 3 aliphatic heterocycles. The Morgan fingerprint density at radius 3 is 2.68 bits per heavy atom. The Kier molecular flexibility index (Phi) is 3.63. The van der Waals surface area contributed by atoms with Crippen LogP contribution in [-0.2, 0) is 13.6 Å². The molecule has 1 N–H and O–H groups in total. The van der Waals surface area contributed by atoms with Gasteiger partial charge in [-0.25, -0.2) is 0 Å². The van der Waals surface area contributed by atoms with E-state index in [2.05, 4.69) is 35.4 Å². The van der Waals surface area contributed by atoms with E-state index in [0.717, 1.165) is 12.5 Å². The molecule has 4 rings (SSSR count). The Morgan fingerprint density at radius 2 is 2.11 bits per heavy atom. The number of aromatic nitrogens is 2. The van der Waals surface area contributed by atoms with Crippen molar-refractivity contribution in [3.8, 4) is 0 Å². The minimum atomic E-state index is 0.504. The second kappa shape index (κ2) is 5.25. The van der Waals surface area contributed by atoms with Crippen LogP contribution in [0, 0.1) is 5.92 Å². The molecule has 4 heterocycles. The van der Waals surface area contributed by atoms with Gasteiger partial charge in [0.15, 0.2) is 0 Å². The van der Waals surface area contributed by atoms with Gasteiger partial charge in [-0.15, -0.1) is 0 Å². The first-order valence-electron chi connectivity index (χ1n) is 7.61. The number of piperidine rings is 3. The molecule has 4 nitrogen and oxygen atoms in total. The zero-order chi connectivity index (χ0) is 13.4. The number of hydrogen-bond donors (Lipinski definition) is 1. The molecule has 1 aromatic rings. The maximum atomic E-state index is 4.59. The van der Waals surface area contributed by atoms with Crippen molar-refractivity contribution in [2.75, 3.05) is 19.6 Å². The minimum Gasteiger partial charge on any atom is -0.308 e. The van der Waals surface area contributed by atoms with Crippen LogP contribution in [0.1, 0.15) is 43.9 Å². The summed E-state index contributed by atoms with van der Waals surface area (Å²) in [6.07, 6.45) is 4.92. The van der Waals surface area contributed by atoms with E-state index >= 15 is 0 Å². The highest BCUT2D eigenvalue weighted by Gasteiger charge is 2.33. The molecule has 3 saturated heterocycles. The largest absolute Gasteiger partial charge is 0.308 e. The molecule has 2 bridgehead atoms. The molecule has 0 spiro atoms. The molecule has 1 aromatic heterocycles. The van der Waals surface area contributed by atoms with Crippen LogP contribution in [0.2, 0.25) is 0 Å². The number of fused-ring (bicyclic) bond motifs is 3. The molecule has 0 amide bonds. The van der Waals surface area contributed by atoms with Gasteiger partial charge in [-0.3, -0.25) is 4.68 Å². The summed E-state index contributed by atoms with van der Waals surface area (Å²) < 4.78 is 1.95. The standard InChI is InChI=1S/C15H26N4/c1-11(2)15-13(9-18(3)17-15)8-16-14-10-19-6-4-12(14)5-7-19/h9,11-12,14,16H,4-8,10H2,1-3H3. The Morgan fingerprint density at radius 1 is 1.37 bits per heavy atom. The fourth-order valence-corrected chi connectivity index (χ4v) is 3.61. The van der Waals surface area contributed by atoms with Gasteiger partial charge < -0.3 is 10.2 Å².